The minimum atomic E-state index is -1.29. The highest BCUT2D eigenvalue weighted by Crippen LogP contribution is 2.23. The van der Waals surface area contributed by atoms with Crippen molar-refractivity contribution in [3.05, 3.63) is 79.9 Å². The molecule has 0 aliphatic rings. The van der Waals surface area contributed by atoms with Crippen LogP contribution in [0.5, 0.6) is 5.75 Å². The van der Waals surface area contributed by atoms with Gasteiger partial charge in [-0.15, -0.1) is 0 Å². The first-order chi connectivity index (χ1) is 15.1. The standard InChI is InChI=1S/C23H25Cl2N3O4/c1-23(2,21(29)30)32-17-10-7-15(8-11-17)5-4-6-20-26-28(22(31)27(20)3)14-16-9-12-18(24)19(25)13-16/h7-13H,4-6,14H2,1-3H3,(H,29,30). The third kappa shape index (κ3) is 5.72. The van der Waals surface area contributed by atoms with Gasteiger partial charge in [-0.1, -0.05) is 41.4 Å². The normalized spacial score (nSPS) is 11.5. The van der Waals surface area contributed by atoms with Crippen molar-refractivity contribution in [3.63, 3.8) is 0 Å². The lowest BCUT2D eigenvalue weighted by molar-refractivity contribution is -0.152. The highest BCUT2D eigenvalue weighted by molar-refractivity contribution is 6.42. The van der Waals surface area contributed by atoms with Gasteiger partial charge in [0.15, 0.2) is 5.60 Å². The van der Waals surface area contributed by atoms with Crippen molar-refractivity contribution < 1.29 is 14.6 Å². The molecule has 3 aromatic rings. The van der Waals surface area contributed by atoms with Gasteiger partial charge in [-0.2, -0.15) is 5.10 Å². The number of carboxylic acid groups (broad SMARTS) is 1. The van der Waals surface area contributed by atoms with Crippen LogP contribution in [-0.2, 0) is 31.2 Å². The molecule has 0 fully saturated rings. The number of halogens is 2. The Balaban J connectivity index is 1.59. The molecule has 1 aromatic heterocycles. The Morgan fingerprint density at radius 1 is 1.06 bits per heavy atom. The molecule has 0 saturated carbocycles. The molecular weight excluding hydrogens is 453 g/mol. The lowest BCUT2D eigenvalue weighted by atomic mass is 10.1. The second-order valence-electron chi connectivity index (χ2n) is 8.08. The average Bonchev–Trinajstić information content (AvgIpc) is 2.99. The molecule has 0 aliphatic carbocycles. The summed E-state index contributed by atoms with van der Waals surface area (Å²) >= 11 is 12.0. The van der Waals surface area contributed by atoms with Gasteiger partial charge in [0.2, 0.25) is 0 Å². The number of nitrogens with zero attached hydrogens (tertiary/aromatic N) is 3. The van der Waals surface area contributed by atoms with Crippen molar-refractivity contribution >= 4 is 29.2 Å². The Labute approximate surface area is 196 Å². The van der Waals surface area contributed by atoms with Gasteiger partial charge in [0, 0.05) is 13.5 Å². The summed E-state index contributed by atoms with van der Waals surface area (Å²) in [5.74, 6) is 0.189. The molecule has 0 aliphatic heterocycles. The van der Waals surface area contributed by atoms with Gasteiger partial charge in [0.25, 0.3) is 0 Å². The van der Waals surface area contributed by atoms with Gasteiger partial charge >= 0.3 is 11.7 Å². The van der Waals surface area contributed by atoms with Gasteiger partial charge in [-0.3, -0.25) is 4.57 Å². The Morgan fingerprint density at radius 2 is 1.72 bits per heavy atom. The lowest BCUT2D eigenvalue weighted by Crippen LogP contribution is -2.37. The first-order valence-electron chi connectivity index (χ1n) is 10.1. The number of rotatable bonds is 9. The van der Waals surface area contributed by atoms with Crippen molar-refractivity contribution in [2.45, 2.75) is 45.3 Å². The van der Waals surface area contributed by atoms with Crippen LogP contribution >= 0.6 is 23.2 Å². The minimum absolute atomic E-state index is 0.186. The SMILES string of the molecule is Cn1c(CCCc2ccc(OC(C)(C)C(=O)O)cc2)nn(Cc2ccc(Cl)c(Cl)c2)c1=O. The van der Waals surface area contributed by atoms with Crippen LogP contribution in [0.3, 0.4) is 0 Å². The molecule has 3 rings (SSSR count). The zero-order chi connectivity index (χ0) is 23.5. The molecular formula is C23H25Cl2N3O4. The zero-order valence-electron chi connectivity index (χ0n) is 18.1. The van der Waals surface area contributed by atoms with Crippen LogP contribution in [0.2, 0.25) is 10.0 Å². The number of benzene rings is 2. The van der Waals surface area contributed by atoms with E-state index in [0.29, 0.717) is 34.6 Å². The van der Waals surface area contributed by atoms with Crippen LogP contribution in [-0.4, -0.2) is 31.0 Å². The molecule has 0 spiro atoms. The second kappa shape index (κ2) is 9.79. The van der Waals surface area contributed by atoms with Gasteiger partial charge in [0.1, 0.15) is 11.6 Å². The molecule has 1 N–H and O–H groups in total. The highest BCUT2D eigenvalue weighted by atomic mass is 35.5. The molecule has 0 atom stereocenters. The topological polar surface area (TPSA) is 86.3 Å². The Hall–Kier alpha value is -2.77. The lowest BCUT2D eigenvalue weighted by Gasteiger charge is -2.21. The average molecular weight is 478 g/mol. The molecule has 0 bridgehead atoms. The maximum atomic E-state index is 12.5. The van der Waals surface area contributed by atoms with Crippen molar-refractivity contribution in [2.75, 3.05) is 0 Å². The molecule has 0 unspecified atom stereocenters. The Bertz CT molecular complexity index is 1170. The highest BCUT2D eigenvalue weighted by Gasteiger charge is 2.29. The molecule has 32 heavy (non-hydrogen) atoms. The molecule has 9 heteroatoms. The third-order valence-electron chi connectivity index (χ3n) is 5.12. The van der Waals surface area contributed by atoms with E-state index in [1.54, 1.807) is 35.9 Å². The van der Waals surface area contributed by atoms with Crippen molar-refractivity contribution in [3.8, 4) is 5.75 Å². The number of aryl methyl sites for hydroxylation is 2. The minimum Gasteiger partial charge on any atom is -0.478 e. The number of aromatic nitrogens is 3. The van der Waals surface area contributed by atoms with Crippen LogP contribution in [0.25, 0.3) is 0 Å². The summed E-state index contributed by atoms with van der Waals surface area (Å²) < 4.78 is 8.50. The molecule has 170 valence electrons. The van der Waals surface area contributed by atoms with Crippen LogP contribution in [0.15, 0.2) is 47.3 Å². The summed E-state index contributed by atoms with van der Waals surface area (Å²) in [6.07, 6.45) is 2.23. The van der Waals surface area contributed by atoms with Crippen LogP contribution in [0.1, 0.15) is 37.2 Å². The summed E-state index contributed by atoms with van der Waals surface area (Å²) in [5.41, 5.74) is 0.460. The van der Waals surface area contributed by atoms with Crippen LogP contribution in [0, 0.1) is 0 Å². The van der Waals surface area contributed by atoms with E-state index < -0.39 is 11.6 Å². The number of hydrogen-bond donors (Lipinski definition) is 1. The van der Waals surface area contributed by atoms with E-state index in [-0.39, 0.29) is 5.69 Å². The second-order valence-corrected chi connectivity index (χ2v) is 8.89. The van der Waals surface area contributed by atoms with E-state index in [1.165, 1.54) is 18.5 Å². The van der Waals surface area contributed by atoms with Crippen molar-refractivity contribution in [2.24, 2.45) is 7.05 Å². The number of hydrogen-bond acceptors (Lipinski definition) is 4. The number of ether oxygens (including phenoxy) is 1. The maximum Gasteiger partial charge on any atom is 0.347 e. The molecule has 0 amide bonds. The Morgan fingerprint density at radius 3 is 2.34 bits per heavy atom. The van der Waals surface area contributed by atoms with E-state index in [2.05, 4.69) is 5.10 Å². The smallest absolute Gasteiger partial charge is 0.347 e. The van der Waals surface area contributed by atoms with E-state index in [1.807, 2.05) is 18.2 Å². The Kier molecular flexibility index (Phi) is 7.31. The predicted molar refractivity (Wildman–Crippen MR) is 124 cm³/mol. The summed E-state index contributed by atoms with van der Waals surface area (Å²) in [5, 5.41) is 14.5. The first-order valence-corrected chi connectivity index (χ1v) is 10.9. The molecule has 1 heterocycles. The summed E-state index contributed by atoms with van der Waals surface area (Å²) in [7, 11) is 1.71. The summed E-state index contributed by atoms with van der Waals surface area (Å²) in [6.45, 7) is 3.33. The summed E-state index contributed by atoms with van der Waals surface area (Å²) in [6, 6.07) is 12.6. The molecule has 0 saturated heterocycles. The first kappa shape index (κ1) is 23.9. The third-order valence-corrected chi connectivity index (χ3v) is 5.86. The monoisotopic (exact) mass is 477 g/mol. The number of carboxylic acids is 1. The maximum absolute atomic E-state index is 12.5. The number of aliphatic carboxylic acids is 1. The predicted octanol–water partition coefficient (Wildman–Crippen LogP) is 4.35. The molecule has 2 aromatic carbocycles. The van der Waals surface area contributed by atoms with Crippen molar-refractivity contribution in [1.82, 2.24) is 14.3 Å². The van der Waals surface area contributed by atoms with Gasteiger partial charge < -0.3 is 9.84 Å². The van der Waals surface area contributed by atoms with Crippen LogP contribution in [0.4, 0.5) is 0 Å². The zero-order valence-corrected chi connectivity index (χ0v) is 19.7. The van der Waals surface area contributed by atoms with E-state index in [9.17, 15) is 9.59 Å². The number of carbonyl (C=O) groups is 1. The largest absolute Gasteiger partial charge is 0.478 e. The molecule has 7 nitrogen and oxygen atoms in total. The van der Waals surface area contributed by atoms with Gasteiger partial charge in [0.05, 0.1) is 16.6 Å². The van der Waals surface area contributed by atoms with E-state index in [0.717, 1.165) is 24.0 Å². The van der Waals surface area contributed by atoms with E-state index in [4.69, 9.17) is 33.0 Å². The van der Waals surface area contributed by atoms with Gasteiger partial charge in [-0.05, 0) is 62.1 Å². The summed E-state index contributed by atoms with van der Waals surface area (Å²) in [4.78, 5) is 23.7. The van der Waals surface area contributed by atoms with Crippen molar-refractivity contribution in [1.29, 1.82) is 0 Å². The van der Waals surface area contributed by atoms with E-state index >= 15 is 0 Å². The fourth-order valence-electron chi connectivity index (χ4n) is 3.18. The fraction of sp³-hybridized carbons (Fsp3) is 0.348. The fourth-order valence-corrected chi connectivity index (χ4v) is 3.50. The van der Waals surface area contributed by atoms with Crippen LogP contribution < -0.4 is 10.4 Å². The van der Waals surface area contributed by atoms with Gasteiger partial charge in [-0.25, -0.2) is 14.3 Å². The molecule has 0 radical (unpaired) electrons. The quantitative estimate of drug-likeness (QED) is 0.494.